The van der Waals surface area contributed by atoms with Gasteiger partial charge in [-0.25, -0.2) is 9.59 Å². The van der Waals surface area contributed by atoms with E-state index in [2.05, 4.69) is 20.8 Å². The molecule has 1 aromatic heterocycles. The highest BCUT2D eigenvalue weighted by Crippen LogP contribution is 2.00. The van der Waals surface area contributed by atoms with Crippen molar-refractivity contribution in [1.29, 1.82) is 0 Å². The number of amides is 2. The van der Waals surface area contributed by atoms with Gasteiger partial charge in [-0.2, -0.15) is 10.2 Å². The van der Waals surface area contributed by atoms with Crippen molar-refractivity contribution in [3.05, 3.63) is 24.0 Å². The Balaban J connectivity index is 2.38. The van der Waals surface area contributed by atoms with E-state index < -0.39 is 18.0 Å². The van der Waals surface area contributed by atoms with Gasteiger partial charge in [-0.1, -0.05) is 19.8 Å². The Morgan fingerprint density at radius 1 is 1.47 bits per heavy atom. The number of nitrogens with one attached hydrogen (secondary N) is 2. The molecule has 0 aliphatic rings. The Kier molecular flexibility index (Phi) is 6.28. The van der Waals surface area contributed by atoms with Crippen LogP contribution in [0.1, 0.15) is 31.9 Å². The molecule has 1 rings (SSSR count). The van der Waals surface area contributed by atoms with E-state index in [-0.39, 0.29) is 6.54 Å². The number of aliphatic carboxylic acids is 1. The van der Waals surface area contributed by atoms with Gasteiger partial charge in [0.1, 0.15) is 6.04 Å². The number of carboxylic acid groups (broad SMARTS) is 1. The number of unbranched alkanes of at least 4 members (excludes halogenated alkanes) is 1. The third-order valence-electron chi connectivity index (χ3n) is 2.51. The van der Waals surface area contributed by atoms with Crippen molar-refractivity contribution >= 4 is 12.0 Å². The summed E-state index contributed by atoms with van der Waals surface area (Å²) < 4.78 is 0. The van der Waals surface area contributed by atoms with Crippen LogP contribution in [-0.4, -0.2) is 33.3 Å². The minimum Gasteiger partial charge on any atom is -0.480 e. The number of urea groups is 1. The van der Waals surface area contributed by atoms with Crippen LogP contribution >= 0.6 is 0 Å². The summed E-state index contributed by atoms with van der Waals surface area (Å²) in [5, 5.41) is 21.4. The molecule has 0 radical (unpaired) electrons. The minimum absolute atomic E-state index is 0.208. The molecule has 1 heterocycles. The molecule has 0 bridgehead atoms. The highest BCUT2D eigenvalue weighted by atomic mass is 16.4. The van der Waals surface area contributed by atoms with Crippen LogP contribution in [0.15, 0.2) is 18.3 Å². The molecule has 7 nitrogen and oxygen atoms in total. The van der Waals surface area contributed by atoms with E-state index in [1.165, 1.54) is 6.20 Å². The first kappa shape index (κ1) is 14.9. The highest BCUT2D eigenvalue weighted by molar-refractivity contribution is 5.82. The van der Waals surface area contributed by atoms with Gasteiger partial charge < -0.3 is 15.7 Å². The Morgan fingerprint density at radius 3 is 2.84 bits per heavy atom. The summed E-state index contributed by atoms with van der Waals surface area (Å²) in [5.41, 5.74) is 0.609. The average molecular weight is 266 g/mol. The summed E-state index contributed by atoms with van der Waals surface area (Å²) in [6.07, 6.45) is 3.59. The van der Waals surface area contributed by atoms with Gasteiger partial charge in [0, 0.05) is 6.20 Å². The minimum atomic E-state index is -1.02. The number of carboxylic acids is 1. The van der Waals surface area contributed by atoms with Gasteiger partial charge in [0.2, 0.25) is 0 Å². The van der Waals surface area contributed by atoms with Crippen LogP contribution in [0.4, 0.5) is 4.79 Å². The van der Waals surface area contributed by atoms with Crippen LogP contribution in [-0.2, 0) is 11.3 Å². The molecule has 7 heteroatoms. The molecule has 1 unspecified atom stereocenters. The zero-order valence-corrected chi connectivity index (χ0v) is 10.8. The zero-order valence-electron chi connectivity index (χ0n) is 10.8. The van der Waals surface area contributed by atoms with E-state index in [4.69, 9.17) is 5.11 Å². The molecule has 104 valence electrons. The summed E-state index contributed by atoms with van der Waals surface area (Å²) in [6.45, 7) is 2.17. The number of rotatable bonds is 7. The smallest absolute Gasteiger partial charge is 0.326 e. The fourth-order valence-electron chi connectivity index (χ4n) is 1.47. The molecule has 0 fully saturated rings. The van der Waals surface area contributed by atoms with Gasteiger partial charge in [0.25, 0.3) is 0 Å². The van der Waals surface area contributed by atoms with Crippen molar-refractivity contribution in [3.63, 3.8) is 0 Å². The number of aromatic nitrogens is 2. The van der Waals surface area contributed by atoms with Crippen molar-refractivity contribution in [2.75, 3.05) is 0 Å². The van der Waals surface area contributed by atoms with Crippen molar-refractivity contribution in [2.24, 2.45) is 0 Å². The molecular weight excluding hydrogens is 248 g/mol. The van der Waals surface area contributed by atoms with Crippen LogP contribution in [0.3, 0.4) is 0 Å². The fraction of sp³-hybridized carbons (Fsp3) is 0.500. The van der Waals surface area contributed by atoms with Crippen LogP contribution in [0, 0.1) is 0 Å². The van der Waals surface area contributed by atoms with Gasteiger partial charge in [-0.05, 0) is 18.6 Å². The topological polar surface area (TPSA) is 104 Å². The number of carbonyl (C=O) groups is 2. The average Bonchev–Trinajstić information content (AvgIpc) is 2.42. The zero-order chi connectivity index (χ0) is 14.1. The lowest BCUT2D eigenvalue weighted by Gasteiger charge is -2.14. The maximum absolute atomic E-state index is 11.6. The van der Waals surface area contributed by atoms with Crippen molar-refractivity contribution in [3.8, 4) is 0 Å². The predicted octanol–water partition coefficient (Wildman–Crippen LogP) is 0.919. The fourth-order valence-corrected chi connectivity index (χ4v) is 1.47. The largest absolute Gasteiger partial charge is 0.480 e. The lowest BCUT2D eigenvalue weighted by molar-refractivity contribution is -0.139. The molecule has 2 amide bonds. The Hall–Kier alpha value is -2.18. The molecule has 0 saturated heterocycles. The summed E-state index contributed by atoms with van der Waals surface area (Å²) in [6, 6.07) is 2.05. The normalized spacial score (nSPS) is 11.6. The Morgan fingerprint density at radius 2 is 2.26 bits per heavy atom. The molecule has 3 N–H and O–H groups in total. The molecule has 1 atom stereocenters. The lowest BCUT2D eigenvalue weighted by atomic mass is 10.1. The van der Waals surface area contributed by atoms with E-state index in [9.17, 15) is 9.59 Å². The second-order valence-corrected chi connectivity index (χ2v) is 4.08. The third-order valence-corrected chi connectivity index (χ3v) is 2.51. The van der Waals surface area contributed by atoms with Gasteiger partial charge in [0.05, 0.1) is 12.2 Å². The van der Waals surface area contributed by atoms with Crippen LogP contribution in [0.5, 0.6) is 0 Å². The molecule has 0 aromatic carbocycles. The van der Waals surface area contributed by atoms with Crippen molar-refractivity contribution in [2.45, 2.75) is 38.8 Å². The first-order valence-corrected chi connectivity index (χ1v) is 6.17. The number of hydrogen-bond donors (Lipinski definition) is 3. The molecule has 0 saturated carbocycles. The number of carbonyl (C=O) groups excluding carboxylic acids is 1. The van der Waals surface area contributed by atoms with E-state index >= 15 is 0 Å². The summed E-state index contributed by atoms with van der Waals surface area (Å²) >= 11 is 0. The van der Waals surface area contributed by atoms with Crippen LogP contribution < -0.4 is 10.6 Å². The Labute approximate surface area is 111 Å². The van der Waals surface area contributed by atoms with Crippen molar-refractivity contribution in [1.82, 2.24) is 20.8 Å². The monoisotopic (exact) mass is 266 g/mol. The van der Waals surface area contributed by atoms with Gasteiger partial charge in [0.15, 0.2) is 0 Å². The predicted molar refractivity (Wildman–Crippen MR) is 68.4 cm³/mol. The molecule has 0 spiro atoms. The SMILES string of the molecule is CCCCC(NC(=O)NCc1cccnn1)C(=O)O. The molecule has 0 aliphatic carbocycles. The summed E-state index contributed by atoms with van der Waals surface area (Å²) in [5.74, 6) is -1.02. The van der Waals surface area contributed by atoms with Gasteiger partial charge in [-0.3, -0.25) is 0 Å². The molecule has 1 aromatic rings. The number of hydrogen-bond acceptors (Lipinski definition) is 4. The number of nitrogens with zero attached hydrogens (tertiary/aromatic N) is 2. The van der Waals surface area contributed by atoms with E-state index in [1.807, 2.05) is 6.92 Å². The first-order chi connectivity index (χ1) is 9.13. The van der Waals surface area contributed by atoms with Crippen molar-refractivity contribution < 1.29 is 14.7 Å². The quantitative estimate of drug-likeness (QED) is 0.680. The second kappa shape index (κ2) is 8.02. The lowest BCUT2D eigenvalue weighted by Crippen LogP contribution is -2.45. The molecule has 0 aliphatic heterocycles. The van der Waals surface area contributed by atoms with Crippen LogP contribution in [0.25, 0.3) is 0 Å². The van der Waals surface area contributed by atoms with Crippen LogP contribution in [0.2, 0.25) is 0 Å². The second-order valence-electron chi connectivity index (χ2n) is 4.08. The molecule has 19 heavy (non-hydrogen) atoms. The van der Waals surface area contributed by atoms with E-state index in [0.717, 1.165) is 12.8 Å². The highest BCUT2D eigenvalue weighted by Gasteiger charge is 2.18. The summed E-state index contributed by atoms with van der Waals surface area (Å²) in [7, 11) is 0. The standard InChI is InChI=1S/C12H18N4O3/c1-2-3-6-10(11(17)18)15-12(19)13-8-9-5-4-7-14-16-9/h4-5,7,10H,2-3,6,8H2,1H3,(H,17,18)(H2,13,15,19). The van der Waals surface area contributed by atoms with E-state index in [1.54, 1.807) is 12.1 Å². The van der Waals surface area contributed by atoms with E-state index in [0.29, 0.717) is 12.1 Å². The Bertz CT molecular complexity index is 411. The first-order valence-electron chi connectivity index (χ1n) is 6.17. The van der Waals surface area contributed by atoms with Gasteiger partial charge >= 0.3 is 12.0 Å². The maximum atomic E-state index is 11.6. The molecular formula is C12H18N4O3. The van der Waals surface area contributed by atoms with Gasteiger partial charge in [-0.15, -0.1) is 0 Å². The summed E-state index contributed by atoms with van der Waals surface area (Å²) in [4.78, 5) is 22.5. The third kappa shape index (κ3) is 5.80. The maximum Gasteiger partial charge on any atom is 0.326 e.